The van der Waals surface area contributed by atoms with Gasteiger partial charge in [-0.15, -0.1) is 0 Å². The molecule has 1 heterocycles. The molecule has 3 N–H and O–H groups in total. The fourth-order valence-electron chi connectivity index (χ4n) is 2.91. The molecule has 0 spiro atoms. The van der Waals surface area contributed by atoms with Crippen molar-refractivity contribution in [2.75, 3.05) is 38.6 Å². The van der Waals surface area contributed by atoms with Gasteiger partial charge in [-0.3, -0.25) is 0 Å². The van der Waals surface area contributed by atoms with Gasteiger partial charge in [-0.25, -0.2) is 0 Å². The van der Waals surface area contributed by atoms with Gasteiger partial charge in [0.15, 0.2) is 5.84 Å². The normalized spacial score (nSPS) is 17.5. The smallest absolute Gasteiger partial charge is 0.172 e. The quantitative estimate of drug-likeness (QED) is 0.377. The number of nitrogens with zero attached hydrogens (tertiary/aromatic N) is 3. The van der Waals surface area contributed by atoms with E-state index in [1.54, 1.807) is 0 Å². The first-order valence-electron chi connectivity index (χ1n) is 7.18. The lowest BCUT2D eigenvalue weighted by Crippen LogP contribution is -2.38. The van der Waals surface area contributed by atoms with Gasteiger partial charge >= 0.3 is 0 Å². The Hall–Kier alpha value is -1.27. The van der Waals surface area contributed by atoms with E-state index in [-0.39, 0.29) is 5.84 Å². The van der Waals surface area contributed by atoms with E-state index in [0.29, 0.717) is 0 Å². The van der Waals surface area contributed by atoms with Gasteiger partial charge < -0.3 is 20.7 Å². The van der Waals surface area contributed by atoms with Gasteiger partial charge in [0.1, 0.15) is 0 Å². The molecule has 0 bridgehead atoms. The SMILES string of the molecule is CN(C)CC1CCN(c2cc(Br)ccc2/C(N)=N/O)CC1. The Labute approximate surface area is 134 Å². The monoisotopic (exact) mass is 354 g/mol. The highest BCUT2D eigenvalue weighted by atomic mass is 79.9. The van der Waals surface area contributed by atoms with E-state index in [2.05, 4.69) is 45.0 Å². The molecule has 6 heteroatoms. The summed E-state index contributed by atoms with van der Waals surface area (Å²) in [5, 5.41) is 12.1. The Balaban J connectivity index is 2.14. The fraction of sp³-hybridized carbons (Fsp3) is 0.533. The van der Waals surface area contributed by atoms with Crippen LogP contribution in [-0.4, -0.2) is 49.7 Å². The summed E-state index contributed by atoms with van der Waals surface area (Å²) in [6.07, 6.45) is 2.33. The maximum absolute atomic E-state index is 8.95. The van der Waals surface area contributed by atoms with Gasteiger partial charge in [0, 0.05) is 35.4 Å². The van der Waals surface area contributed by atoms with Crippen molar-refractivity contribution in [3.63, 3.8) is 0 Å². The third-order valence-electron chi connectivity index (χ3n) is 3.92. The summed E-state index contributed by atoms with van der Waals surface area (Å²) in [7, 11) is 4.24. The van der Waals surface area contributed by atoms with Gasteiger partial charge in [0.05, 0.1) is 0 Å². The summed E-state index contributed by atoms with van der Waals surface area (Å²) in [6.45, 7) is 3.14. The van der Waals surface area contributed by atoms with Crippen molar-refractivity contribution in [3.8, 4) is 0 Å². The molecule has 0 unspecified atom stereocenters. The molecule has 21 heavy (non-hydrogen) atoms. The van der Waals surface area contributed by atoms with Crippen LogP contribution in [0.15, 0.2) is 27.8 Å². The van der Waals surface area contributed by atoms with E-state index in [1.807, 2.05) is 18.2 Å². The lowest BCUT2D eigenvalue weighted by molar-refractivity contribution is 0.285. The number of hydrogen-bond donors (Lipinski definition) is 2. The van der Waals surface area contributed by atoms with Gasteiger partial charge in [-0.1, -0.05) is 21.1 Å². The Kier molecular flexibility index (Phi) is 5.47. The molecule has 0 saturated carbocycles. The molecule has 116 valence electrons. The van der Waals surface area contributed by atoms with Crippen molar-refractivity contribution in [2.24, 2.45) is 16.8 Å². The standard InChI is InChI=1S/C15H23BrN4O/c1-19(2)10-11-5-7-20(8-6-11)14-9-12(16)3-4-13(14)15(17)18-21/h3-4,9,11,21H,5-8,10H2,1-2H3,(H2,17,18). The molecule has 5 nitrogen and oxygen atoms in total. The average Bonchev–Trinajstić information content (AvgIpc) is 2.46. The highest BCUT2D eigenvalue weighted by molar-refractivity contribution is 9.10. The number of benzene rings is 1. The number of nitrogens with two attached hydrogens (primary N) is 1. The van der Waals surface area contributed by atoms with E-state index in [1.165, 1.54) is 12.8 Å². The Morgan fingerprint density at radius 1 is 1.43 bits per heavy atom. The van der Waals surface area contributed by atoms with Crippen LogP contribution in [0.3, 0.4) is 0 Å². The van der Waals surface area contributed by atoms with Crippen molar-refractivity contribution < 1.29 is 5.21 Å². The predicted molar refractivity (Wildman–Crippen MR) is 90.1 cm³/mol. The molecule has 0 amide bonds. The minimum Gasteiger partial charge on any atom is -0.409 e. The van der Waals surface area contributed by atoms with Crippen molar-refractivity contribution in [3.05, 3.63) is 28.2 Å². The zero-order chi connectivity index (χ0) is 15.4. The summed E-state index contributed by atoms with van der Waals surface area (Å²) < 4.78 is 1.00. The molecule has 1 aromatic carbocycles. The van der Waals surface area contributed by atoms with Crippen molar-refractivity contribution in [2.45, 2.75) is 12.8 Å². The molecule has 0 atom stereocenters. The van der Waals surface area contributed by atoms with Crippen LogP contribution in [0.1, 0.15) is 18.4 Å². The first kappa shape index (κ1) is 16.1. The van der Waals surface area contributed by atoms with E-state index >= 15 is 0 Å². The van der Waals surface area contributed by atoms with Crippen LogP contribution in [0.4, 0.5) is 5.69 Å². The minimum absolute atomic E-state index is 0.160. The van der Waals surface area contributed by atoms with Gasteiger partial charge in [-0.2, -0.15) is 0 Å². The Morgan fingerprint density at radius 2 is 2.10 bits per heavy atom. The van der Waals surface area contributed by atoms with E-state index in [9.17, 15) is 0 Å². The number of rotatable bonds is 4. The van der Waals surface area contributed by atoms with Crippen LogP contribution in [0, 0.1) is 5.92 Å². The minimum atomic E-state index is 0.160. The first-order valence-corrected chi connectivity index (χ1v) is 7.97. The van der Waals surface area contributed by atoms with Gasteiger partial charge in [0.2, 0.25) is 0 Å². The van der Waals surface area contributed by atoms with Crippen LogP contribution in [-0.2, 0) is 0 Å². The van der Waals surface area contributed by atoms with Gasteiger partial charge in [-0.05, 0) is 51.1 Å². The summed E-state index contributed by atoms with van der Waals surface area (Å²) in [6, 6.07) is 5.84. The molecule has 0 aromatic heterocycles. The molecular weight excluding hydrogens is 332 g/mol. The summed E-state index contributed by atoms with van der Waals surface area (Å²) in [5.41, 5.74) is 7.61. The van der Waals surface area contributed by atoms with Crippen LogP contribution < -0.4 is 10.6 Å². The first-order chi connectivity index (χ1) is 10.0. The second-order valence-electron chi connectivity index (χ2n) is 5.84. The number of amidine groups is 1. The molecule has 1 aromatic rings. The average molecular weight is 355 g/mol. The van der Waals surface area contributed by atoms with Crippen LogP contribution in [0.2, 0.25) is 0 Å². The van der Waals surface area contributed by atoms with Crippen LogP contribution >= 0.6 is 15.9 Å². The second kappa shape index (κ2) is 7.13. The number of oxime groups is 1. The number of piperidine rings is 1. The largest absolute Gasteiger partial charge is 0.409 e. The van der Waals surface area contributed by atoms with Crippen molar-refractivity contribution >= 4 is 27.5 Å². The van der Waals surface area contributed by atoms with E-state index < -0.39 is 0 Å². The zero-order valence-corrected chi connectivity index (χ0v) is 14.2. The summed E-state index contributed by atoms with van der Waals surface area (Å²) in [5.74, 6) is 0.906. The van der Waals surface area contributed by atoms with Crippen LogP contribution in [0.5, 0.6) is 0 Å². The highest BCUT2D eigenvalue weighted by Crippen LogP contribution is 2.29. The van der Waals surface area contributed by atoms with E-state index in [4.69, 9.17) is 10.9 Å². The van der Waals surface area contributed by atoms with Crippen molar-refractivity contribution in [1.29, 1.82) is 0 Å². The third-order valence-corrected chi connectivity index (χ3v) is 4.42. The Morgan fingerprint density at radius 3 is 2.67 bits per heavy atom. The molecular formula is C15H23BrN4O. The fourth-order valence-corrected chi connectivity index (χ4v) is 3.26. The predicted octanol–water partition coefficient (Wildman–Crippen LogP) is 2.32. The van der Waals surface area contributed by atoms with E-state index in [0.717, 1.165) is 41.3 Å². The summed E-state index contributed by atoms with van der Waals surface area (Å²) >= 11 is 3.50. The molecule has 0 aliphatic carbocycles. The molecule has 0 radical (unpaired) electrons. The number of halogens is 1. The number of hydrogen-bond acceptors (Lipinski definition) is 4. The topological polar surface area (TPSA) is 65.1 Å². The zero-order valence-electron chi connectivity index (χ0n) is 12.6. The highest BCUT2D eigenvalue weighted by Gasteiger charge is 2.22. The van der Waals surface area contributed by atoms with Gasteiger partial charge in [0.25, 0.3) is 0 Å². The molecule has 1 aliphatic heterocycles. The third kappa shape index (κ3) is 4.11. The summed E-state index contributed by atoms with van der Waals surface area (Å²) in [4.78, 5) is 4.57. The maximum atomic E-state index is 8.95. The lowest BCUT2D eigenvalue weighted by atomic mass is 9.95. The molecule has 1 fully saturated rings. The molecule has 1 saturated heterocycles. The Bertz CT molecular complexity index is 510. The van der Waals surface area contributed by atoms with Crippen LogP contribution in [0.25, 0.3) is 0 Å². The maximum Gasteiger partial charge on any atom is 0.172 e. The second-order valence-corrected chi connectivity index (χ2v) is 6.76. The molecule has 2 rings (SSSR count). The molecule has 1 aliphatic rings. The number of anilines is 1. The van der Waals surface area contributed by atoms with Crippen molar-refractivity contribution in [1.82, 2.24) is 4.90 Å². The lowest BCUT2D eigenvalue weighted by Gasteiger charge is -2.35.